The highest BCUT2D eigenvalue weighted by Gasteiger charge is 2.28. The van der Waals surface area contributed by atoms with Gasteiger partial charge in [0.05, 0.1) is 12.2 Å². The summed E-state index contributed by atoms with van der Waals surface area (Å²) in [4.78, 5) is 40.1. The van der Waals surface area contributed by atoms with E-state index in [-0.39, 0.29) is 17.9 Å². The molecule has 0 unspecified atom stereocenters. The van der Waals surface area contributed by atoms with Crippen LogP contribution in [0.1, 0.15) is 73.2 Å². The van der Waals surface area contributed by atoms with Gasteiger partial charge in [-0.3, -0.25) is 10.1 Å². The minimum Gasteiger partial charge on any atom is -0.462 e. The van der Waals surface area contributed by atoms with E-state index in [1.807, 2.05) is 11.8 Å². The first kappa shape index (κ1) is 22.6. The summed E-state index contributed by atoms with van der Waals surface area (Å²) < 4.78 is 5.24. The van der Waals surface area contributed by atoms with Crippen LogP contribution in [0.15, 0.2) is 0 Å². The Morgan fingerprint density at radius 2 is 1.87 bits per heavy atom. The van der Waals surface area contributed by atoms with Gasteiger partial charge in [0, 0.05) is 30.9 Å². The molecule has 3 rings (SSSR count). The first-order valence-corrected chi connectivity index (χ1v) is 12.0. The van der Waals surface area contributed by atoms with Gasteiger partial charge in [-0.25, -0.2) is 9.59 Å². The number of esters is 1. The molecule has 2 aliphatic rings. The monoisotopic (exact) mass is 435 g/mol. The Morgan fingerprint density at radius 1 is 1.13 bits per heavy atom. The Kier molecular flexibility index (Phi) is 8.13. The van der Waals surface area contributed by atoms with E-state index in [1.165, 1.54) is 16.2 Å². The Labute approximate surface area is 182 Å². The molecule has 1 aliphatic heterocycles. The van der Waals surface area contributed by atoms with E-state index in [1.54, 1.807) is 6.92 Å². The Hall–Kier alpha value is -2.09. The molecule has 0 radical (unpaired) electrons. The standard InChI is InChI=1S/C22H33N3O4S/c1-3-7-18(26)25-12-10-15(11-13-25)14-23-22(28)24-20-19(21(27)29-4-2)16-8-5-6-9-17(16)30-20/h15H,3-14H2,1-2H3,(H2,23,24,28). The van der Waals surface area contributed by atoms with Crippen LogP contribution in [0.2, 0.25) is 0 Å². The van der Waals surface area contributed by atoms with Gasteiger partial charge in [-0.05, 0) is 63.4 Å². The van der Waals surface area contributed by atoms with E-state index in [4.69, 9.17) is 4.74 Å². The van der Waals surface area contributed by atoms with Crippen molar-refractivity contribution in [1.29, 1.82) is 0 Å². The molecule has 166 valence electrons. The average Bonchev–Trinajstić information content (AvgIpc) is 3.10. The number of thiophene rings is 1. The maximum atomic E-state index is 12.5. The minimum atomic E-state index is -0.351. The summed E-state index contributed by atoms with van der Waals surface area (Å²) in [6.45, 7) is 6.22. The second-order valence-corrected chi connectivity index (χ2v) is 9.15. The third kappa shape index (κ3) is 5.53. The van der Waals surface area contributed by atoms with Crippen molar-refractivity contribution in [3.63, 3.8) is 0 Å². The molecule has 0 atom stereocenters. The van der Waals surface area contributed by atoms with Gasteiger partial charge in [-0.1, -0.05) is 6.92 Å². The van der Waals surface area contributed by atoms with Crippen molar-refractivity contribution in [2.75, 3.05) is 31.6 Å². The predicted molar refractivity (Wildman–Crippen MR) is 118 cm³/mol. The first-order valence-electron chi connectivity index (χ1n) is 11.2. The maximum absolute atomic E-state index is 12.5. The molecule has 1 aromatic rings. The SMILES string of the molecule is CCCC(=O)N1CCC(CNC(=O)Nc2sc3c(c2C(=O)OCC)CCCC3)CC1. The second-order valence-electron chi connectivity index (χ2n) is 8.04. The van der Waals surface area contributed by atoms with Crippen molar-refractivity contribution >= 4 is 34.2 Å². The number of carbonyl (C=O) groups is 3. The minimum absolute atomic E-state index is 0.231. The molecule has 30 heavy (non-hydrogen) atoms. The number of aryl methyl sites for hydroxylation is 1. The number of anilines is 1. The van der Waals surface area contributed by atoms with E-state index in [2.05, 4.69) is 10.6 Å². The number of carbonyl (C=O) groups excluding carboxylic acids is 3. The third-order valence-corrected chi connectivity index (χ3v) is 7.07. The molecule has 2 N–H and O–H groups in total. The molecule has 0 aromatic carbocycles. The number of ether oxygens (including phenoxy) is 1. The summed E-state index contributed by atoms with van der Waals surface area (Å²) in [5.41, 5.74) is 1.58. The zero-order chi connectivity index (χ0) is 21.5. The number of nitrogens with one attached hydrogen (secondary N) is 2. The largest absolute Gasteiger partial charge is 0.462 e. The highest BCUT2D eigenvalue weighted by Crippen LogP contribution is 2.38. The van der Waals surface area contributed by atoms with Crippen molar-refractivity contribution in [2.24, 2.45) is 5.92 Å². The van der Waals surface area contributed by atoms with Gasteiger partial charge in [0.25, 0.3) is 0 Å². The summed E-state index contributed by atoms with van der Waals surface area (Å²) in [6, 6.07) is -0.288. The fraction of sp³-hybridized carbons (Fsp3) is 0.682. The van der Waals surface area contributed by atoms with E-state index < -0.39 is 0 Å². The van der Waals surface area contributed by atoms with Crippen LogP contribution >= 0.6 is 11.3 Å². The molecule has 0 spiro atoms. The first-order chi connectivity index (χ1) is 14.5. The number of amides is 3. The number of piperidine rings is 1. The molecule has 0 bridgehead atoms. The fourth-order valence-electron chi connectivity index (χ4n) is 4.22. The Morgan fingerprint density at radius 3 is 2.57 bits per heavy atom. The molecule has 2 heterocycles. The van der Waals surface area contributed by atoms with E-state index in [0.29, 0.717) is 36.1 Å². The average molecular weight is 436 g/mol. The molecule has 1 saturated heterocycles. The van der Waals surface area contributed by atoms with Crippen LogP contribution in [0.25, 0.3) is 0 Å². The number of urea groups is 1. The summed E-state index contributed by atoms with van der Waals surface area (Å²) >= 11 is 1.50. The molecule has 7 nitrogen and oxygen atoms in total. The van der Waals surface area contributed by atoms with Gasteiger partial charge in [0.2, 0.25) is 5.91 Å². The Balaban J connectivity index is 1.54. The lowest BCUT2D eigenvalue weighted by molar-refractivity contribution is -0.132. The number of hydrogen-bond acceptors (Lipinski definition) is 5. The molecular weight excluding hydrogens is 402 g/mol. The van der Waals surface area contributed by atoms with E-state index >= 15 is 0 Å². The van der Waals surface area contributed by atoms with Crippen LogP contribution in [-0.4, -0.2) is 49.0 Å². The summed E-state index contributed by atoms with van der Waals surface area (Å²) in [5, 5.41) is 6.44. The molecular formula is C22H33N3O4S. The smallest absolute Gasteiger partial charge is 0.341 e. The van der Waals surface area contributed by atoms with Crippen molar-refractivity contribution in [1.82, 2.24) is 10.2 Å². The molecule has 1 aliphatic carbocycles. The normalized spacial score (nSPS) is 16.7. The van der Waals surface area contributed by atoms with Crippen LogP contribution < -0.4 is 10.6 Å². The van der Waals surface area contributed by atoms with Gasteiger partial charge in [-0.15, -0.1) is 11.3 Å². The summed E-state index contributed by atoms with van der Waals surface area (Å²) in [6.07, 6.45) is 7.26. The number of fused-ring (bicyclic) bond motifs is 1. The lowest BCUT2D eigenvalue weighted by Crippen LogP contribution is -2.42. The highest BCUT2D eigenvalue weighted by molar-refractivity contribution is 7.17. The number of likely N-dealkylation sites (tertiary alicyclic amines) is 1. The predicted octanol–water partition coefficient (Wildman–Crippen LogP) is 3.96. The van der Waals surface area contributed by atoms with Crippen LogP contribution in [-0.2, 0) is 22.4 Å². The van der Waals surface area contributed by atoms with Crippen LogP contribution in [0, 0.1) is 5.92 Å². The van der Waals surface area contributed by atoms with E-state index in [9.17, 15) is 14.4 Å². The van der Waals surface area contributed by atoms with Crippen molar-refractivity contribution in [3.05, 3.63) is 16.0 Å². The third-order valence-electron chi connectivity index (χ3n) is 5.86. The summed E-state index contributed by atoms with van der Waals surface area (Å²) in [7, 11) is 0. The van der Waals surface area contributed by atoms with Gasteiger partial charge in [0.15, 0.2) is 0 Å². The van der Waals surface area contributed by atoms with Gasteiger partial charge in [0.1, 0.15) is 5.00 Å². The number of nitrogens with zero attached hydrogens (tertiary/aromatic N) is 1. The number of hydrogen-bond donors (Lipinski definition) is 2. The van der Waals surface area contributed by atoms with E-state index in [0.717, 1.165) is 63.6 Å². The molecule has 1 fully saturated rings. The van der Waals surface area contributed by atoms with Crippen molar-refractivity contribution in [2.45, 2.75) is 65.2 Å². The van der Waals surface area contributed by atoms with Crippen molar-refractivity contribution < 1.29 is 19.1 Å². The topological polar surface area (TPSA) is 87.7 Å². The molecule has 0 saturated carbocycles. The molecule has 3 amide bonds. The Bertz CT molecular complexity index is 769. The lowest BCUT2D eigenvalue weighted by Gasteiger charge is -2.32. The van der Waals surface area contributed by atoms with Crippen LogP contribution in [0.3, 0.4) is 0 Å². The molecule has 1 aromatic heterocycles. The quantitative estimate of drug-likeness (QED) is 0.635. The molecule has 8 heteroatoms. The highest BCUT2D eigenvalue weighted by atomic mass is 32.1. The zero-order valence-corrected chi connectivity index (χ0v) is 18.9. The second kappa shape index (κ2) is 10.8. The van der Waals surface area contributed by atoms with Gasteiger partial charge in [-0.2, -0.15) is 0 Å². The van der Waals surface area contributed by atoms with Crippen LogP contribution in [0.4, 0.5) is 9.80 Å². The lowest BCUT2D eigenvalue weighted by atomic mass is 9.95. The maximum Gasteiger partial charge on any atom is 0.341 e. The fourth-order valence-corrected chi connectivity index (χ4v) is 5.49. The van der Waals surface area contributed by atoms with Crippen LogP contribution in [0.5, 0.6) is 0 Å². The van der Waals surface area contributed by atoms with Crippen molar-refractivity contribution in [3.8, 4) is 0 Å². The number of rotatable bonds is 7. The zero-order valence-electron chi connectivity index (χ0n) is 18.1. The van der Waals surface area contributed by atoms with Gasteiger partial charge < -0.3 is 15.0 Å². The van der Waals surface area contributed by atoms with Gasteiger partial charge >= 0.3 is 12.0 Å². The summed E-state index contributed by atoms with van der Waals surface area (Å²) in [5.74, 6) is 0.244.